The Morgan fingerprint density at radius 1 is 1.26 bits per heavy atom. The van der Waals surface area contributed by atoms with Crippen LogP contribution in [0.2, 0.25) is 0 Å². The van der Waals surface area contributed by atoms with Crippen molar-refractivity contribution < 1.29 is 4.74 Å². The lowest BCUT2D eigenvalue weighted by Crippen LogP contribution is -2.37. The number of methoxy groups -OCH3 is 1. The molecule has 0 aliphatic carbocycles. The normalized spacial score (nSPS) is 24.1. The van der Waals surface area contributed by atoms with Gasteiger partial charge in [-0.15, -0.1) is 0 Å². The summed E-state index contributed by atoms with van der Waals surface area (Å²) in [5.41, 5.74) is 5.75. The number of nitrogen functional groups attached to an aromatic ring is 1. The third kappa shape index (κ3) is 2.58. The fraction of sp³-hybridized carbons (Fsp3) is 0.692. The van der Waals surface area contributed by atoms with Gasteiger partial charge in [0.1, 0.15) is 5.82 Å². The molecule has 1 atom stereocenters. The number of hydrogen-bond donors (Lipinski definition) is 1. The maximum absolute atomic E-state index is 5.75. The minimum Gasteiger partial charge on any atom is -0.481 e. The van der Waals surface area contributed by atoms with E-state index >= 15 is 0 Å². The average Bonchev–Trinajstić information content (AvgIpc) is 2.75. The quantitative estimate of drug-likeness (QED) is 0.849. The van der Waals surface area contributed by atoms with E-state index in [0.717, 1.165) is 18.9 Å². The molecule has 2 N–H and O–H groups in total. The van der Waals surface area contributed by atoms with E-state index in [4.69, 9.17) is 10.5 Å². The van der Waals surface area contributed by atoms with Crippen LogP contribution in [0.4, 0.5) is 11.8 Å². The molecule has 19 heavy (non-hydrogen) atoms. The maximum Gasteiger partial charge on any atom is 0.225 e. The molecule has 3 heterocycles. The highest BCUT2D eigenvalue weighted by atomic mass is 16.5. The monoisotopic (exact) mass is 263 g/mol. The average molecular weight is 263 g/mol. The van der Waals surface area contributed by atoms with Crippen LogP contribution in [0.3, 0.4) is 0 Å². The van der Waals surface area contributed by atoms with Gasteiger partial charge in [-0.3, -0.25) is 4.90 Å². The molecule has 1 aromatic heterocycles. The number of nitrogens with two attached hydrogens (primary N) is 1. The first-order valence-corrected chi connectivity index (χ1v) is 6.94. The van der Waals surface area contributed by atoms with E-state index in [0.29, 0.717) is 11.9 Å². The fourth-order valence-electron chi connectivity index (χ4n) is 3.11. The summed E-state index contributed by atoms with van der Waals surface area (Å²) in [4.78, 5) is 13.3. The largest absolute Gasteiger partial charge is 0.481 e. The molecule has 3 rings (SSSR count). The number of nitrogens with zero attached hydrogens (tertiary/aromatic N) is 4. The second-order valence-electron chi connectivity index (χ2n) is 5.26. The second kappa shape index (κ2) is 5.21. The topological polar surface area (TPSA) is 67.5 Å². The predicted octanol–water partition coefficient (Wildman–Crippen LogP) is 0.742. The van der Waals surface area contributed by atoms with Gasteiger partial charge in [-0.1, -0.05) is 0 Å². The molecule has 6 heteroatoms. The first-order chi connectivity index (χ1) is 9.26. The summed E-state index contributed by atoms with van der Waals surface area (Å²) < 4.78 is 5.18. The van der Waals surface area contributed by atoms with E-state index in [1.54, 1.807) is 7.11 Å². The lowest BCUT2D eigenvalue weighted by molar-refractivity contribution is 0.273. The Kier molecular flexibility index (Phi) is 3.42. The van der Waals surface area contributed by atoms with Gasteiger partial charge in [0.25, 0.3) is 0 Å². The molecule has 6 nitrogen and oxygen atoms in total. The smallest absolute Gasteiger partial charge is 0.225 e. The molecule has 0 spiro atoms. The van der Waals surface area contributed by atoms with E-state index in [1.165, 1.54) is 32.4 Å². The molecular weight excluding hydrogens is 242 g/mol. The molecule has 0 bridgehead atoms. The van der Waals surface area contributed by atoms with E-state index in [2.05, 4.69) is 19.8 Å². The summed E-state index contributed by atoms with van der Waals surface area (Å²) in [6.45, 7) is 4.48. The third-order valence-corrected chi connectivity index (χ3v) is 4.04. The van der Waals surface area contributed by atoms with Crippen LogP contribution in [0.5, 0.6) is 5.88 Å². The van der Waals surface area contributed by atoms with Gasteiger partial charge >= 0.3 is 0 Å². The van der Waals surface area contributed by atoms with E-state index in [9.17, 15) is 0 Å². The highest BCUT2D eigenvalue weighted by Gasteiger charge is 2.29. The van der Waals surface area contributed by atoms with Gasteiger partial charge in [-0.2, -0.15) is 9.97 Å². The Hall–Kier alpha value is -1.56. The van der Waals surface area contributed by atoms with Crippen LogP contribution < -0.4 is 15.4 Å². The summed E-state index contributed by atoms with van der Waals surface area (Å²) >= 11 is 0. The molecule has 0 aromatic carbocycles. The minimum atomic E-state index is 0.280. The SMILES string of the molecule is COc1cc(N2CCCN3CCCC3C2)nc(N)n1. The van der Waals surface area contributed by atoms with E-state index in [1.807, 2.05) is 6.07 Å². The standard InChI is InChI=1S/C13H21N5O/c1-19-12-8-11(15-13(14)16-12)18-7-3-6-17-5-2-4-10(17)9-18/h8,10H,2-7,9H2,1H3,(H2,14,15,16). The summed E-state index contributed by atoms with van der Waals surface area (Å²) in [6.07, 6.45) is 3.77. The van der Waals surface area contributed by atoms with Crippen LogP contribution in [0.15, 0.2) is 6.07 Å². The van der Waals surface area contributed by atoms with Crippen molar-refractivity contribution in [3.8, 4) is 5.88 Å². The van der Waals surface area contributed by atoms with Gasteiger partial charge in [0.2, 0.25) is 11.8 Å². The number of rotatable bonds is 2. The number of ether oxygens (including phenoxy) is 1. The Bertz CT molecular complexity index is 453. The van der Waals surface area contributed by atoms with Crippen molar-refractivity contribution in [2.45, 2.75) is 25.3 Å². The van der Waals surface area contributed by atoms with Crippen LogP contribution in [0.25, 0.3) is 0 Å². The zero-order chi connectivity index (χ0) is 13.2. The first-order valence-electron chi connectivity index (χ1n) is 6.94. The molecular formula is C13H21N5O. The van der Waals surface area contributed by atoms with Crippen molar-refractivity contribution in [3.63, 3.8) is 0 Å². The molecule has 2 aliphatic heterocycles. The Balaban J connectivity index is 1.82. The highest BCUT2D eigenvalue weighted by molar-refractivity contribution is 5.45. The maximum atomic E-state index is 5.75. The van der Waals surface area contributed by atoms with Gasteiger partial charge in [0, 0.05) is 31.7 Å². The van der Waals surface area contributed by atoms with Gasteiger partial charge in [0.05, 0.1) is 7.11 Å². The van der Waals surface area contributed by atoms with Crippen LogP contribution in [0, 0.1) is 0 Å². The van der Waals surface area contributed by atoms with Crippen LogP contribution in [-0.4, -0.2) is 54.2 Å². The van der Waals surface area contributed by atoms with Crippen LogP contribution >= 0.6 is 0 Å². The van der Waals surface area contributed by atoms with Crippen molar-refractivity contribution in [1.29, 1.82) is 0 Å². The molecule has 0 amide bonds. The summed E-state index contributed by atoms with van der Waals surface area (Å²) in [6, 6.07) is 2.53. The van der Waals surface area contributed by atoms with Crippen LogP contribution in [-0.2, 0) is 0 Å². The van der Waals surface area contributed by atoms with Crippen LogP contribution in [0.1, 0.15) is 19.3 Å². The first kappa shape index (κ1) is 12.5. The molecule has 2 fully saturated rings. The van der Waals surface area contributed by atoms with Gasteiger partial charge in [0.15, 0.2) is 0 Å². The van der Waals surface area contributed by atoms with Crippen molar-refractivity contribution >= 4 is 11.8 Å². The Morgan fingerprint density at radius 2 is 2.11 bits per heavy atom. The summed E-state index contributed by atoms with van der Waals surface area (Å²) in [5, 5.41) is 0. The summed E-state index contributed by atoms with van der Waals surface area (Å²) in [5.74, 6) is 1.70. The fourth-order valence-corrected chi connectivity index (χ4v) is 3.11. The second-order valence-corrected chi connectivity index (χ2v) is 5.26. The number of aromatic nitrogens is 2. The van der Waals surface area contributed by atoms with Gasteiger partial charge in [-0.25, -0.2) is 0 Å². The molecule has 2 aliphatic rings. The van der Waals surface area contributed by atoms with Gasteiger partial charge < -0.3 is 15.4 Å². The lowest BCUT2D eigenvalue weighted by Gasteiger charge is -2.26. The zero-order valence-corrected chi connectivity index (χ0v) is 11.4. The third-order valence-electron chi connectivity index (χ3n) is 4.04. The minimum absolute atomic E-state index is 0.280. The highest BCUT2D eigenvalue weighted by Crippen LogP contribution is 2.25. The van der Waals surface area contributed by atoms with Crippen molar-refractivity contribution in [2.75, 3.05) is 43.9 Å². The predicted molar refractivity (Wildman–Crippen MR) is 74.4 cm³/mol. The molecule has 2 saturated heterocycles. The van der Waals surface area contributed by atoms with Gasteiger partial charge in [-0.05, 0) is 25.8 Å². The summed E-state index contributed by atoms with van der Waals surface area (Å²) in [7, 11) is 1.60. The van der Waals surface area contributed by atoms with E-state index < -0.39 is 0 Å². The molecule has 0 saturated carbocycles. The molecule has 1 aromatic rings. The number of fused-ring (bicyclic) bond motifs is 1. The molecule has 1 unspecified atom stereocenters. The number of hydrogen-bond acceptors (Lipinski definition) is 6. The molecule has 104 valence electrons. The molecule has 0 radical (unpaired) electrons. The van der Waals surface area contributed by atoms with Crippen molar-refractivity contribution in [1.82, 2.24) is 14.9 Å². The number of anilines is 2. The lowest BCUT2D eigenvalue weighted by atomic mass is 10.2. The zero-order valence-electron chi connectivity index (χ0n) is 11.4. The van der Waals surface area contributed by atoms with Crippen molar-refractivity contribution in [3.05, 3.63) is 6.07 Å². The Labute approximate surface area is 113 Å². The van der Waals surface area contributed by atoms with Crippen molar-refractivity contribution in [2.24, 2.45) is 0 Å². The Morgan fingerprint density at radius 3 is 2.95 bits per heavy atom. The van der Waals surface area contributed by atoms with E-state index in [-0.39, 0.29) is 5.95 Å².